The third-order valence-electron chi connectivity index (χ3n) is 2.66. The molecule has 2 aromatic carbocycles. The van der Waals surface area contributed by atoms with Gasteiger partial charge in [-0.05, 0) is 30.3 Å². The molecule has 0 saturated heterocycles. The Kier molecular flexibility index (Phi) is 12.5. The van der Waals surface area contributed by atoms with E-state index in [1.54, 1.807) is 0 Å². The molecular weight excluding hydrogens is 362 g/mol. The minimum Gasteiger partial charge on any atom is -0.378 e. The van der Waals surface area contributed by atoms with Gasteiger partial charge in [-0.25, -0.2) is 0 Å². The summed E-state index contributed by atoms with van der Waals surface area (Å²) < 4.78 is 0. The molecule has 0 aliphatic heterocycles. The van der Waals surface area contributed by atoms with Gasteiger partial charge in [0.15, 0.2) is 0 Å². The summed E-state index contributed by atoms with van der Waals surface area (Å²) in [5, 5.41) is 1.58. The average molecular weight is 384 g/mol. The number of hydrogen-bond acceptors (Lipinski definition) is 2. The molecule has 0 heterocycles. The van der Waals surface area contributed by atoms with Gasteiger partial charge in [-0.2, -0.15) is 0 Å². The Bertz CT molecular complexity index is 545. The van der Waals surface area contributed by atoms with E-state index < -0.39 is 0 Å². The van der Waals surface area contributed by atoms with Gasteiger partial charge in [0.1, 0.15) is 0 Å². The molecular formula is C16H22Cl4N2. The van der Waals surface area contributed by atoms with Crippen molar-refractivity contribution in [2.45, 2.75) is 0 Å². The van der Waals surface area contributed by atoms with Gasteiger partial charge in [-0.15, -0.1) is 24.8 Å². The van der Waals surface area contributed by atoms with Gasteiger partial charge in [0.2, 0.25) is 0 Å². The number of para-hydroxylation sites is 1. The summed E-state index contributed by atoms with van der Waals surface area (Å²) in [5.74, 6) is 0. The Labute approximate surface area is 155 Å². The third kappa shape index (κ3) is 8.00. The van der Waals surface area contributed by atoms with E-state index in [0.717, 1.165) is 21.4 Å². The Morgan fingerprint density at radius 2 is 1.32 bits per heavy atom. The van der Waals surface area contributed by atoms with Crippen LogP contribution in [-0.4, -0.2) is 28.2 Å². The summed E-state index contributed by atoms with van der Waals surface area (Å²) in [6.45, 7) is 0. The fourth-order valence-corrected chi connectivity index (χ4v) is 2.06. The van der Waals surface area contributed by atoms with Crippen LogP contribution in [0.1, 0.15) is 0 Å². The van der Waals surface area contributed by atoms with Gasteiger partial charge in [0, 0.05) is 38.9 Å². The zero-order valence-corrected chi connectivity index (χ0v) is 16.2. The van der Waals surface area contributed by atoms with Gasteiger partial charge in [0.05, 0.1) is 10.7 Å². The zero-order valence-electron chi connectivity index (χ0n) is 13.1. The first-order valence-corrected chi connectivity index (χ1v) is 7.02. The topological polar surface area (TPSA) is 6.48 Å². The lowest BCUT2D eigenvalue weighted by atomic mass is 10.3. The fourth-order valence-electron chi connectivity index (χ4n) is 1.57. The molecule has 0 aliphatic carbocycles. The molecule has 0 aliphatic rings. The summed E-state index contributed by atoms with van der Waals surface area (Å²) in [6.07, 6.45) is 0. The molecule has 0 atom stereocenters. The Morgan fingerprint density at radius 3 is 1.68 bits per heavy atom. The Morgan fingerprint density at radius 1 is 0.727 bits per heavy atom. The van der Waals surface area contributed by atoms with Crippen LogP contribution in [0.4, 0.5) is 11.4 Å². The zero-order chi connectivity index (χ0) is 15.1. The van der Waals surface area contributed by atoms with E-state index in [9.17, 15) is 0 Å². The third-order valence-corrected chi connectivity index (χ3v) is 3.21. The van der Waals surface area contributed by atoms with Gasteiger partial charge in [-0.3, -0.25) is 0 Å². The van der Waals surface area contributed by atoms with Crippen molar-refractivity contribution in [1.29, 1.82) is 0 Å². The van der Waals surface area contributed by atoms with Crippen LogP contribution in [0, 0.1) is 0 Å². The molecule has 0 radical (unpaired) electrons. The highest BCUT2D eigenvalue weighted by molar-refractivity contribution is 6.33. The highest BCUT2D eigenvalue weighted by Crippen LogP contribution is 2.22. The van der Waals surface area contributed by atoms with Crippen molar-refractivity contribution in [2.75, 3.05) is 38.0 Å². The molecule has 0 N–H and O–H groups in total. The van der Waals surface area contributed by atoms with E-state index in [1.807, 2.05) is 86.5 Å². The second kappa shape index (κ2) is 11.7. The Hall–Kier alpha value is -0.800. The van der Waals surface area contributed by atoms with Crippen LogP contribution < -0.4 is 9.80 Å². The van der Waals surface area contributed by atoms with E-state index in [0.29, 0.717) is 0 Å². The summed E-state index contributed by atoms with van der Waals surface area (Å²) in [7, 11) is 7.93. The van der Waals surface area contributed by atoms with Gasteiger partial charge in [0.25, 0.3) is 0 Å². The van der Waals surface area contributed by atoms with Gasteiger partial charge < -0.3 is 9.80 Å². The Balaban J connectivity index is 0. The molecule has 0 saturated carbocycles. The minimum atomic E-state index is 0. The molecule has 0 bridgehead atoms. The number of hydrogen-bond donors (Lipinski definition) is 0. The maximum atomic E-state index is 5.88. The predicted octanol–water partition coefficient (Wildman–Crippen LogP) is 5.66. The van der Waals surface area contributed by atoms with Crippen LogP contribution in [0.15, 0.2) is 48.5 Å². The molecule has 0 spiro atoms. The quantitative estimate of drug-likeness (QED) is 0.660. The maximum Gasteiger partial charge on any atom is 0.0639 e. The molecule has 0 amide bonds. The SMILES string of the molecule is CN(C)c1cccc(Cl)c1.CN(C)c1ccccc1Cl.Cl.Cl. The minimum absolute atomic E-state index is 0. The molecule has 0 aromatic heterocycles. The molecule has 2 nitrogen and oxygen atoms in total. The number of rotatable bonds is 2. The van der Waals surface area contributed by atoms with E-state index in [4.69, 9.17) is 23.2 Å². The van der Waals surface area contributed by atoms with Gasteiger partial charge in [-0.1, -0.05) is 41.4 Å². The normalized spacial score (nSPS) is 8.64. The smallest absolute Gasteiger partial charge is 0.0639 e. The van der Waals surface area contributed by atoms with Crippen molar-refractivity contribution in [3.8, 4) is 0 Å². The molecule has 2 rings (SSSR count). The first-order valence-electron chi connectivity index (χ1n) is 6.26. The fraction of sp³-hybridized carbons (Fsp3) is 0.250. The van der Waals surface area contributed by atoms with Crippen LogP contribution in [0.5, 0.6) is 0 Å². The van der Waals surface area contributed by atoms with Crippen LogP contribution in [-0.2, 0) is 0 Å². The second-order valence-corrected chi connectivity index (χ2v) is 5.56. The number of anilines is 2. The predicted molar refractivity (Wildman–Crippen MR) is 106 cm³/mol. The largest absolute Gasteiger partial charge is 0.378 e. The summed E-state index contributed by atoms with van der Waals surface area (Å²) >= 11 is 11.6. The van der Waals surface area contributed by atoms with Crippen molar-refractivity contribution in [3.63, 3.8) is 0 Å². The van der Waals surface area contributed by atoms with Crippen LogP contribution in [0.25, 0.3) is 0 Å². The van der Waals surface area contributed by atoms with Crippen molar-refractivity contribution < 1.29 is 0 Å². The molecule has 6 heteroatoms. The lowest BCUT2D eigenvalue weighted by molar-refractivity contribution is 1.13. The number of benzene rings is 2. The molecule has 0 unspecified atom stereocenters. The summed E-state index contributed by atoms with van der Waals surface area (Å²) in [4.78, 5) is 4.01. The standard InChI is InChI=1S/2C8H10ClN.2ClH/c1-10(2)8-5-3-4-7(9)6-8;1-10(2)8-6-4-3-5-7(8)9;;/h2*3-6H,1-2H3;2*1H. The molecule has 2 aromatic rings. The van der Waals surface area contributed by atoms with E-state index in [2.05, 4.69) is 0 Å². The molecule has 22 heavy (non-hydrogen) atoms. The number of halogens is 4. The van der Waals surface area contributed by atoms with Gasteiger partial charge >= 0.3 is 0 Å². The van der Waals surface area contributed by atoms with Crippen LogP contribution in [0.3, 0.4) is 0 Å². The van der Waals surface area contributed by atoms with Crippen LogP contribution >= 0.6 is 48.0 Å². The average Bonchev–Trinajstić information content (AvgIpc) is 2.39. The lowest BCUT2D eigenvalue weighted by Crippen LogP contribution is -2.08. The second-order valence-electron chi connectivity index (χ2n) is 4.72. The van der Waals surface area contributed by atoms with Crippen molar-refractivity contribution in [1.82, 2.24) is 0 Å². The molecule has 0 fully saturated rings. The summed E-state index contributed by atoms with van der Waals surface area (Å²) in [5.41, 5.74) is 2.19. The van der Waals surface area contributed by atoms with Crippen molar-refractivity contribution >= 4 is 59.4 Å². The van der Waals surface area contributed by atoms with Crippen molar-refractivity contribution in [2.24, 2.45) is 0 Å². The maximum absolute atomic E-state index is 5.88. The van der Waals surface area contributed by atoms with Crippen molar-refractivity contribution in [3.05, 3.63) is 58.6 Å². The van der Waals surface area contributed by atoms with Crippen LogP contribution in [0.2, 0.25) is 10.0 Å². The highest BCUT2D eigenvalue weighted by Gasteiger charge is 1.97. The lowest BCUT2D eigenvalue weighted by Gasteiger charge is -2.12. The number of nitrogens with zero attached hydrogens (tertiary/aromatic N) is 2. The first-order chi connectivity index (χ1) is 9.41. The van der Waals surface area contributed by atoms with E-state index >= 15 is 0 Å². The highest BCUT2D eigenvalue weighted by atomic mass is 35.5. The first kappa shape index (κ1) is 23.5. The molecule has 124 valence electrons. The van der Waals surface area contributed by atoms with E-state index in [-0.39, 0.29) is 24.8 Å². The monoisotopic (exact) mass is 382 g/mol. The van der Waals surface area contributed by atoms with E-state index in [1.165, 1.54) is 0 Å². The summed E-state index contributed by atoms with van der Waals surface area (Å²) in [6, 6.07) is 15.5.